The highest BCUT2D eigenvalue weighted by molar-refractivity contribution is 5.88. The molecule has 1 aliphatic rings. The normalized spacial score (nSPS) is 16.5. The Balaban J connectivity index is 1.40. The topological polar surface area (TPSA) is 32.5 Å². The lowest BCUT2D eigenvalue weighted by molar-refractivity contribution is 0.203. The Morgan fingerprint density at radius 1 is 1.04 bits per heavy atom. The molecular formula is C20H23N3O. The molecule has 0 amide bonds. The molecule has 0 unspecified atom stereocenters. The zero-order valence-electron chi connectivity index (χ0n) is 14.1. The van der Waals surface area contributed by atoms with Crippen molar-refractivity contribution in [1.82, 2.24) is 10.1 Å². The first-order valence-corrected chi connectivity index (χ1v) is 8.65. The summed E-state index contributed by atoms with van der Waals surface area (Å²) in [5.74, 6) is 0.965. The maximum Gasteiger partial charge on any atom is 0.179 e. The van der Waals surface area contributed by atoms with Crippen molar-refractivity contribution in [2.24, 2.45) is 0 Å². The third kappa shape index (κ3) is 3.02. The molecule has 1 saturated heterocycles. The number of piperidine rings is 1. The van der Waals surface area contributed by atoms with Gasteiger partial charge in [0.25, 0.3) is 0 Å². The molecule has 4 nitrogen and oxygen atoms in total. The number of anilines is 1. The van der Waals surface area contributed by atoms with Crippen molar-refractivity contribution in [2.45, 2.75) is 25.4 Å². The van der Waals surface area contributed by atoms with Gasteiger partial charge in [-0.05, 0) is 30.5 Å². The number of rotatable bonds is 4. The predicted octanol–water partition coefficient (Wildman–Crippen LogP) is 3.93. The van der Waals surface area contributed by atoms with Gasteiger partial charge in [0.15, 0.2) is 11.4 Å². The molecule has 4 heteroatoms. The summed E-state index contributed by atoms with van der Waals surface area (Å²) in [5, 5.41) is 5.40. The van der Waals surface area contributed by atoms with Gasteiger partial charge in [-0.15, -0.1) is 0 Å². The largest absolute Gasteiger partial charge is 0.354 e. The molecule has 24 heavy (non-hydrogen) atoms. The number of nitrogens with zero attached hydrogens (tertiary/aromatic N) is 3. The molecule has 0 radical (unpaired) electrons. The average molecular weight is 321 g/mol. The SMILES string of the molecule is CN(c1noc2ccccc12)C1CCN(Cc2ccccc2)CC1. The van der Waals surface area contributed by atoms with Gasteiger partial charge in [-0.25, -0.2) is 0 Å². The van der Waals surface area contributed by atoms with Crippen LogP contribution in [-0.4, -0.2) is 36.2 Å². The van der Waals surface area contributed by atoms with E-state index in [0.717, 1.165) is 49.3 Å². The Hall–Kier alpha value is -2.33. The van der Waals surface area contributed by atoms with Crippen molar-refractivity contribution in [3.63, 3.8) is 0 Å². The van der Waals surface area contributed by atoms with Crippen LogP contribution in [0.25, 0.3) is 11.0 Å². The van der Waals surface area contributed by atoms with Crippen molar-refractivity contribution < 1.29 is 4.52 Å². The third-order valence-electron chi connectivity index (χ3n) is 5.05. The number of fused-ring (bicyclic) bond motifs is 1. The van der Waals surface area contributed by atoms with E-state index < -0.39 is 0 Å². The van der Waals surface area contributed by atoms with Crippen LogP contribution in [0.15, 0.2) is 59.1 Å². The van der Waals surface area contributed by atoms with E-state index in [1.165, 1.54) is 5.56 Å². The molecule has 124 valence electrons. The fraction of sp³-hybridized carbons (Fsp3) is 0.350. The minimum Gasteiger partial charge on any atom is -0.354 e. The second-order valence-electron chi connectivity index (χ2n) is 6.61. The molecule has 0 spiro atoms. The average Bonchev–Trinajstić information content (AvgIpc) is 3.07. The Labute approximate surface area is 142 Å². The Morgan fingerprint density at radius 2 is 1.75 bits per heavy atom. The molecule has 0 aliphatic carbocycles. The highest BCUT2D eigenvalue weighted by Crippen LogP contribution is 2.29. The number of aromatic nitrogens is 1. The first-order chi connectivity index (χ1) is 11.8. The van der Waals surface area contributed by atoms with E-state index in [-0.39, 0.29) is 0 Å². The van der Waals surface area contributed by atoms with Crippen molar-refractivity contribution in [1.29, 1.82) is 0 Å². The predicted molar refractivity (Wildman–Crippen MR) is 97.2 cm³/mol. The summed E-state index contributed by atoms with van der Waals surface area (Å²) in [6, 6.07) is 19.3. The smallest absolute Gasteiger partial charge is 0.179 e. The highest BCUT2D eigenvalue weighted by atomic mass is 16.5. The molecule has 1 aliphatic heterocycles. The summed E-state index contributed by atoms with van der Waals surface area (Å²) in [7, 11) is 2.14. The molecule has 0 bridgehead atoms. The van der Waals surface area contributed by atoms with Crippen LogP contribution in [0.1, 0.15) is 18.4 Å². The molecule has 2 heterocycles. The lowest BCUT2D eigenvalue weighted by Crippen LogP contribution is -2.43. The second-order valence-corrected chi connectivity index (χ2v) is 6.61. The highest BCUT2D eigenvalue weighted by Gasteiger charge is 2.25. The Morgan fingerprint density at radius 3 is 2.54 bits per heavy atom. The van der Waals surface area contributed by atoms with Crippen molar-refractivity contribution in [3.8, 4) is 0 Å². The lowest BCUT2D eigenvalue weighted by Gasteiger charge is -2.36. The van der Waals surface area contributed by atoms with Crippen molar-refractivity contribution in [3.05, 3.63) is 60.2 Å². The first-order valence-electron chi connectivity index (χ1n) is 8.65. The van der Waals surface area contributed by atoms with Gasteiger partial charge in [0.1, 0.15) is 0 Å². The van der Waals surface area contributed by atoms with Gasteiger partial charge in [0.05, 0.1) is 5.39 Å². The zero-order valence-corrected chi connectivity index (χ0v) is 14.1. The van der Waals surface area contributed by atoms with Gasteiger partial charge in [-0.2, -0.15) is 0 Å². The van der Waals surface area contributed by atoms with Crippen molar-refractivity contribution in [2.75, 3.05) is 25.0 Å². The van der Waals surface area contributed by atoms with E-state index in [4.69, 9.17) is 4.52 Å². The lowest BCUT2D eigenvalue weighted by atomic mass is 10.0. The zero-order chi connectivity index (χ0) is 16.4. The van der Waals surface area contributed by atoms with Gasteiger partial charge < -0.3 is 9.42 Å². The summed E-state index contributed by atoms with van der Waals surface area (Å²) in [4.78, 5) is 4.84. The number of para-hydroxylation sites is 1. The van der Waals surface area contributed by atoms with E-state index >= 15 is 0 Å². The maximum atomic E-state index is 5.46. The second kappa shape index (κ2) is 6.65. The van der Waals surface area contributed by atoms with E-state index in [2.05, 4.69) is 58.4 Å². The van der Waals surface area contributed by atoms with Gasteiger partial charge in [-0.1, -0.05) is 47.6 Å². The van der Waals surface area contributed by atoms with Crippen LogP contribution < -0.4 is 4.90 Å². The molecule has 3 aromatic rings. The summed E-state index contributed by atoms with van der Waals surface area (Å²) in [6.07, 6.45) is 2.31. The van der Waals surface area contributed by atoms with Gasteiger partial charge in [0, 0.05) is 32.7 Å². The molecule has 1 aromatic heterocycles. The van der Waals surface area contributed by atoms with Gasteiger partial charge in [-0.3, -0.25) is 4.90 Å². The van der Waals surface area contributed by atoms with Gasteiger partial charge >= 0.3 is 0 Å². The molecule has 2 aromatic carbocycles. The van der Waals surface area contributed by atoms with E-state index in [1.807, 2.05) is 18.2 Å². The monoisotopic (exact) mass is 321 g/mol. The quantitative estimate of drug-likeness (QED) is 0.729. The fourth-order valence-electron chi connectivity index (χ4n) is 3.61. The standard InChI is InChI=1S/C20H23N3O/c1-22(20-18-9-5-6-10-19(18)24-21-20)17-11-13-23(14-12-17)15-16-7-3-2-4-8-16/h2-10,17H,11-15H2,1H3. The van der Waals surface area contributed by atoms with E-state index in [9.17, 15) is 0 Å². The van der Waals surface area contributed by atoms with Crippen LogP contribution >= 0.6 is 0 Å². The number of likely N-dealkylation sites (tertiary alicyclic amines) is 1. The first kappa shape index (κ1) is 15.2. The molecule has 0 N–H and O–H groups in total. The van der Waals surface area contributed by atoms with E-state index in [1.54, 1.807) is 0 Å². The van der Waals surface area contributed by atoms with Crippen LogP contribution in [0.5, 0.6) is 0 Å². The van der Waals surface area contributed by atoms with Crippen molar-refractivity contribution >= 4 is 16.8 Å². The summed E-state index contributed by atoms with van der Waals surface area (Å²) in [5.41, 5.74) is 2.26. The van der Waals surface area contributed by atoms with Crippen LogP contribution in [0.3, 0.4) is 0 Å². The van der Waals surface area contributed by atoms with Crippen LogP contribution in [0, 0.1) is 0 Å². The summed E-state index contributed by atoms with van der Waals surface area (Å²) in [6.45, 7) is 3.30. The summed E-state index contributed by atoms with van der Waals surface area (Å²) >= 11 is 0. The van der Waals surface area contributed by atoms with Crippen LogP contribution in [0.2, 0.25) is 0 Å². The van der Waals surface area contributed by atoms with Crippen LogP contribution in [-0.2, 0) is 6.54 Å². The minimum absolute atomic E-state index is 0.519. The van der Waals surface area contributed by atoms with E-state index in [0.29, 0.717) is 6.04 Å². The molecule has 4 rings (SSSR count). The van der Waals surface area contributed by atoms with Crippen LogP contribution in [0.4, 0.5) is 5.82 Å². The minimum atomic E-state index is 0.519. The molecular weight excluding hydrogens is 298 g/mol. The molecule has 0 atom stereocenters. The van der Waals surface area contributed by atoms with Gasteiger partial charge in [0.2, 0.25) is 0 Å². The molecule has 0 saturated carbocycles. The Bertz CT molecular complexity index is 791. The third-order valence-corrected chi connectivity index (χ3v) is 5.05. The number of benzene rings is 2. The number of hydrogen-bond acceptors (Lipinski definition) is 4. The number of hydrogen-bond donors (Lipinski definition) is 0. The summed E-state index contributed by atoms with van der Waals surface area (Å²) < 4.78 is 5.46. The Kier molecular flexibility index (Phi) is 4.22. The molecule has 1 fully saturated rings. The maximum absolute atomic E-state index is 5.46. The fourth-order valence-corrected chi connectivity index (χ4v) is 3.61.